The van der Waals surface area contributed by atoms with Crippen LogP contribution in [0.3, 0.4) is 0 Å². The Morgan fingerprint density at radius 1 is 0.731 bits per heavy atom. The molecule has 0 saturated carbocycles. The van der Waals surface area contributed by atoms with Crippen molar-refractivity contribution < 1.29 is 0 Å². The molecule has 2 aromatic heterocycles. The number of nitrogens with two attached hydrogens (primary N) is 2. The molecule has 0 aliphatic rings. The van der Waals surface area contributed by atoms with E-state index in [1.54, 1.807) is 11.3 Å². The number of thiophene rings is 1. The molecule has 2 heterocycles. The zero-order valence-corrected chi connectivity index (χ0v) is 14.8. The number of rotatable bonds is 2. The summed E-state index contributed by atoms with van der Waals surface area (Å²) in [7, 11) is 0. The van der Waals surface area contributed by atoms with Gasteiger partial charge in [-0.15, -0.1) is 11.3 Å². The fourth-order valence-corrected chi connectivity index (χ4v) is 4.91. The first kappa shape index (κ1) is 15.0. The number of hydrogen-bond acceptors (Lipinski definition) is 3. The number of benzene rings is 3. The van der Waals surface area contributed by atoms with Crippen LogP contribution in [0, 0.1) is 0 Å². The Morgan fingerprint density at radius 2 is 1.46 bits per heavy atom. The lowest BCUT2D eigenvalue weighted by atomic mass is 10.0. The average Bonchev–Trinajstić information content (AvgIpc) is 3.18. The van der Waals surface area contributed by atoms with E-state index in [1.807, 2.05) is 24.3 Å². The van der Waals surface area contributed by atoms with Crippen LogP contribution in [0.15, 0.2) is 72.8 Å². The molecule has 0 spiro atoms. The van der Waals surface area contributed by atoms with Crippen LogP contribution >= 0.6 is 11.3 Å². The van der Waals surface area contributed by atoms with Crippen LogP contribution in [-0.2, 0) is 0 Å². The number of nitrogens with one attached hydrogen (secondary N) is 1. The molecule has 0 aliphatic carbocycles. The summed E-state index contributed by atoms with van der Waals surface area (Å²) in [5.41, 5.74) is 18.1. The molecule has 0 bridgehead atoms. The molecule has 5 rings (SSSR count). The van der Waals surface area contributed by atoms with Crippen molar-refractivity contribution in [2.45, 2.75) is 0 Å². The molecule has 0 unspecified atom stereocenters. The Bertz CT molecular complexity index is 1250. The third-order valence-corrected chi connectivity index (χ3v) is 6.07. The monoisotopic (exact) mass is 355 g/mol. The van der Waals surface area contributed by atoms with E-state index in [2.05, 4.69) is 53.5 Å². The van der Waals surface area contributed by atoms with Crippen LogP contribution in [0.4, 0.5) is 11.5 Å². The summed E-state index contributed by atoms with van der Waals surface area (Å²) in [4.78, 5) is 4.30. The van der Waals surface area contributed by atoms with Crippen LogP contribution in [0.2, 0.25) is 0 Å². The Balaban J connectivity index is 1.83. The van der Waals surface area contributed by atoms with E-state index in [1.165, 1.54) is 15.8 Å². The van der Waals surface area contributed by atoms with Crippen molar-refractivity contribution in [3.05, 3.63) is 72.8 Å². The van der Waals surface area contributed by atoms with Crippen molar-refractivity contribution >= 4 is 43.8 Å². The Kier molecular flexibility index (Phi) is 3.27. The molecule has 126 valence electrons. The van der Waals surface area contributed by atoms with Crippen LogP contribution in [-0.4, -0.2) is 4.98 Å². The minimum absolute atomic E-state index is 0.658. The number of hydrogen-bond donors (Lipinski definition) is 3. The number of H-pyrrole nitrogens is 1. The zero-order chi connectivity index (χ0) is 17.7. The van der Waals surface area contributed by atoms with Gasteiger partial charge in [-0.05, 0) is 17.2 Å². The third-order valence-electron chi connectivity index (χ3n) is 4.80. The SMILES string of the molecule is Nc1[nH]c2ccccc2c1-c1sc2c(-c3ccccc3)cccc2c1N. The van der Waals surface area contributed by atoms with Gasteiger partial charge in [0.15, 0.2) is 0 Å². The molecule has 0 saturated heterocycles. The summed E-state index contributed by atoms with van der Waals surface area (Å²) in [6.45, 7) is 0. The maximum atomic E-state index is 6.58. The standard InChI is InChI=1S/C22H17N3S/c23-19-16-11-6-10-14(13-7-2-1-3-8-13)20(16)26-21(19)18-15-9-4-5-12-17(15)25-22(18)24/h1-12,25H,23-24H2. The molecule has 0 amide bonds. The smallest absolute Gasteiger partial charge is 0.110 e. The maximum Gasteiger partial charge on any atom is 0.110 e. The highest BCUT2D eigenvalue weighted by Crippen LogP contribution is 2.48. The molecule has 0 fully saturated rings. The van der Waals surface area contributed by atoms with E-state index in [0.717, 1.165) is 32.4 Å². The highest BCUT2D eigenvalue weighted by molar-refractivity contribution is 7.23. The Labute approximate surface area is 154 Å². The highest BCUT2D eigenvalue weighted by Gasteiger charge is 2.19. The fraction of sp³-hybridized carbons (Fsp3) is 0. The van der Waals surface area contributed by atoms with E-state index in [4.69, 9.17) is 11.5 Å². The number of para-hydroxylation sites is 1. The first-order valence-corrected chi connectivity index (χ1v) is 9.28. The van der Waals surface area contributed by atoms with E-state index in [9.17, 15) is 0 Å². The zero-order valence-electron chi connectivity index (χ0n) is 14.0. The lowest BCUT2D eigenvalue weighted by molar-refractivity contribution is 1.47. The maximum absolute atomic E-state index is 6.58. The first-order chi connectivity index (χ1) is 12.7. The van der Waals surface area contributed by atoms with E-state index in [0.29, 0.717) is 5.82 Å². The number of aromatic amines is 1. The molecule has 0 aliphatic heterocycles. The van der Waals surface area contributed by atoms with Gasteiger partial charge < -0.3 is 16.5 Å². The number of anilines is 2. The molecule has 4 heteroatoms. The summed E-state index contributed by atoms with van der Waals surface area (Å²) >= 11 is 1.71. The van der Waals surface area contributed by atoms with Gasteiger partial charge in [-0.1, -0.05) is 66.7 Å². The van der Waals surface area contributed by atoms with Gasteiger partial charge in [-0.2, -0.15) is 0 Å². The van der Waals surface area contributed by atoms with Gasteiger partial charge in [0.05, 0.1) is 10.6 Å². The number of aromatic nitrogens is 1. The Hall–Kier alpha value is -3.24. The molecule has 5 aromatic rings. The topological polar surface area (TPSA) is 67.8 Å². The summed E-state index contributed by atoms with van der Waals surface area (Å²) < 4.78 is 1.19. The Morgan fingerprint density at radius 3 is 2.31 bits per heavy atom. The lowest BCUT2D eigenvalue weighted by Crippen LogP contribution is -1.89. The fourth-order valence-electron chi connectivity index (χ4n) is 3.58. The average molecular weight is 355 g/mol. The molecule has 0 atom stereocenters. The first-order valence-electron chi connectivity index (χ1n) is 8.47. The van der Waals surface area contributed by atoms with Crippen LogP contribution < -0.4 is 11.5 Å². The van der Waals surface area contributed by atoms with Crippen LogP contribution in [0.5, 0.6) is 0 Å². The minimum Gasteiger partial charge on any atom is -0.397 e. The van der Waals surface area contributed by atoms with E-state index in [-0.39, 0.29) is 0 Å². The second kappa shape index (κ2) is 5.64. The van der Waals surface area contributed by atoms with Gasteiger partial charge in [0.2, 0.25) is 0 Å². The molecule has 26 heavy (non-hydrogen) atoms. The molecule has 0 radical (unpaired) electrons. The lowest BCUT2D eigenvalue weighted by Gasteiger charge is -2.02. The summed E-state index contributed by atoms with van der Waals surface area (Å²) in [6.07, 6.45) is 0. The van der Waals surface area contributed by atoms with Crippen LogP contribution in [0.1, 0.15) is 0 Å². The second-order valence-electron chi connectivity index (χ2n) is 6.35. The van der Waals surface area contributed by atoms with Crippen molar-refractivity contribution in [1.29, 1.82) is 0 Å². The molecular weight excluding hydrogens is 338 g/mol. The molecule has 3 nitrogen and oxygen atoms in total. The van der Waals surface area contributed by atoms with Crippen molar-refractivity contribution in [2.24, 2.45) is 0 Å². The van der Waals surface area contributed by atoms with Gasteiger partial charge in [0.1, 0.15) is 5.82 Å². The van der Waals surface area contributed by atoms with Crippen molar-refractivity contribution in [1.82, 2.24) is 4.98 Å². The third kappa shape index (κ3) is 2.13. The molecule has 5 N–H and O–H groups in total. The van der Waals surface area contributed by atoms with Gasteiger partial charge in [-0.25, -0.2) is 0 Å². The normalized spacial score (nSPS) is 11.4. The molecular formula is C22H17N3S. The quantitative estimate of drug-likeness (QED) is 0.370. The van der Waals surface area contributed by atoms with E-state index >= 15 is 0 Å². The van der Waals surface area contributed by atoms with Gasteiger partial charge in [0.25, 0.3) is 0 Å². The number of nitrogen functional groups attached to an aromatic ring is 2. The van der Waals surface area contributed by atoms with Crippen molar-refractivity contribution in [3.63, 3.8) is 0 Å². The summed E-state index contributed by atoms with van der Waals surface area (Å²) in [5.74, 6) is 0.658. The van der Waals surface area contributed by atoms with Gasteiger partial charge >= 0.3 is 0 Å². The highest BCUT2D eigenvalue weighted by atomic mass is 32.1. The summed E-state index contributed by atoms with van der Waals surface area (Å²) in [6, 6.07) is 24.9. The van der Waals surface area contributed by atoms with E-state index < -0.39 is 0 Å². The number of fused-ring (bicyclic) bond motifs is 2. The van der Waals surface area contributed by atoms with Crippen molar-refractivity contribution in [2.75, 3.05) is 11.5 Å². The minimum atomic E-state index is 0.658. The largest absolute Gasteiger partial charge is 0.397 e. The van der Waals surface area contributed by atoms with Gasteiger partial charge in [-0.3, -0.25) is 0 Å². The van der Waals surface area contributed by atoms with Crippen molar-refractivity contribution in [3.8, 4) is 21.6 Å². The summed E-state index contributed by atoms with van der Waals surface area (Å²) in [5, 5.41) is 2.18. The predicted octanol–water partition coefficient (Wildman–Crippen LogP) is 5.88. The predicted molar refractivity (Wildman–Crippen MR) is 113 cm³/mol. The van der Waals surface area contributed by atoms with Crippen LogP contribution in [0.25, 0.3) is 42.6 Å². The second-order valence-corrected chi connectivity index (χ2v) is 7.37. The molecule has 3 aromatic carbocycles. The van der Waals surface area contributed by atoms with Gasteiger partial charge in [0, 0.05) is 26.6 Å².